The van der Waals surface area contributed by atoms with E-state index in [0.29, 0.717) is 10.8 Å². The second kappa shape index (κ2) is 6.75. The van der Waals surface area contributed by atoms with Gasteiger partial charge in [-0.2, -0.15) is 11.8 Å². The van der Waals surface area contributed by atoms with E-state index in [2.05, 4.69) is 49.1 Å². The monoisotopic (exact) mass is 303 g/mol. The third-order valence-corrected chi connectivity index (χ3v) is 6.87. The molecule has 1 aliphatic carbocycles. The van der Waals surface area contributed by atoms with Crippen molar-refractivity contribution in [1.82, 2.24) is 5.32 Å². The van der Waals surface area contributed by atoms with Crippen molar-refractivity contribution in [3.05, 3.63) is 34.9 Å². The Morgan fingerprint density at radius 3 is 2.86 bits per heavy atom. The predicted molar refractivity (Wildman–Crippen MR) is 94.3 cm³/mol. The van der Waals surface area contributed by atoms with Gasteiger partial charge in [0.1, 0.15) is 0 Å². The van der Waals surface area contributed by atoms with Gasteiger partial charge in [0.05, 0.1) is 0 Å². The molecule has 1 aromatic carbocycles. The molecule has 1 aromatic rings. The van der Waals surface area contributed by atoms with Crippen LogP contribution in [0, 0.1) is 0 Å². The van der Waals surface area contributed by atoms with Gasteiger partial charge in [0.25, 0.3) is 0 Å². The number of aryl methyl sites for hydroxylation is 2. The third kappa shape index (κ3) is 3.48. The van der Waals surface area contributed by atoms with Crippen LogP contribution < -0.4 is 5.32 Å². The summed E-state index contributed by atoms with van der Waals surface area (Å²) in [5.41, 5.74) is 4.75. The number of nitrogens with one attached hydrogen (secondary N) is 1. The number of thioether (sulfide) groups is 1. The molecular weight excluding hydrogens is 274 g/mol. The van der Waals surface area contributed by atoms with Crippen molar-refractivity contribution in [2.45, 2.75) is 69.6 Å². The maximum atomic E-state index is 3.85. The molecule has 1 saturated heterocycles. The van der Waals surface area contributed by atoms with Crippen molar-refractivity contribution in [3.8, 4) is 0 Å². The molecule has 2 heteroatoms. The molecule has 2 unspecified atom stereocenters. The third-order valence-electron chi connectivity index (χ3n) is 5.23. The fourth-order valence-electron chi connectivity index (χ4n) is 3.89. The minimum absolute atomic E-state index is 0.425. The van der Waals surface area contributed by atoms with Crippen LogP contribution in [0.5, 0.6) is 0 Å². The van der Waals surface area contributed by atoms with Gasteiger partial charge in [-0.25, -0.2) is 0 Å². The van der Waals surface area contributed by atoms with Crippen LogP contribution in [0.3, 0.4) is 0 Å². The Labute approximate surface area is 134 Å². The number of hydrogen-bond donors (Lipinski definition) is 1. The van der Waals surface area contributed by atoms with Gasteiger partial charge < -0.3 is 5.32 Å². The van der Waals surface area contributed by atoms with Gasteiger partial charge >= 0.3 is 0 Å². The zero-order valence-electron chi connectivity index (χ0n) is 13.6. The Kier molecular flexibility index (Phi) is 4.96. The summed E-state index contributed by atoms with van der Waals surface area (Å²) in [6.07, 6.45) is 9.10. The van der Waals surface area contributed by atoms with Crippen molar-refractivity contribution in [1.29, 1.82) is 0 Å². The largest absolute Gasteiger partial charge is 0.312 e. The lowest BCUT2D eigenvalue weighted by atomic mass is 9.90. The SMILES string of the molecule is CCCNC(Cc1ccc2c(c1)CCC2)C1(C)CCCS1. The molecule has 0 saturated carbocycles. The number of fused-ring (bicyclic) bond motifs is 1. The highest BCUT2D eigenvalue weighted by atomic mass is 32.2. The molecule has 0 radical (unpaired) electrons. The topological polar surface area (TPSA) is 12.0 Å². The van der Waals surface area contributed by atoms with Gasteiger partial charge in [0.15, 0.2) is 0 Å². The van der Waals surface area contributed by atoms with E-state index in [1.54, 1.807) is 11.1 Å². The Morgan fingerprint density at radius 1 is 1.24 bits per heavy atom. The molecule has 1 N–H and O–H groups in total. The molecular formula is C19H29NS. The van der Waals surface area contributed by atoms with Crippen LogP contribution >= 0.6 is 11.8 Å². The summed E-state index contributed by atoms with van der Waals surface area (Å²) in [7, 11) is 0. The summed E-state index contributed by atoms with van der Waals surface area (Å²) >= 11 is 2.19. The summed E-state index contributed by atoms with van der Waals surface area (Å²) in [5, 5.41) is 3.85. The van der Waals surface area contributed by atoms with Crippen LogP contribution in [0.4, 0.5) is 0 Å². The molecule has 1 aliphatic heterocycles. The van der Waals surface area contributed by atoms with Crippen molar-refractivity contribution in [2.75, 3.05) is 12.3 Å². The minimum Gasteiger partial charge on any atom is -0.312 e. The lowest BCUT2D eigenvalue weighted by Gasteiger charge is -2.34. The van der Waals surface area contributed by atoms with E-state index < -0.39 is 0 Å². The second-order valence-electron chi connectivity index (χ2n) is 6.93. The van der Waals surface area contributed by atoms with E-state index >= 15 is 0 Å². The highest BCUT2D eigenvalue weighted by molar-refractivity contribution is 8.00. The maximum absolute atomic E-state index is 3.85. The summed E-state index contributed by atoms with van der Waals surface area (Å²) in [4.78, 5) is 0. The molecule has 0 aromatic heterocycles. The Morgan fingerprint density at radius 2 is 2.10 bits per heavy atom. The smallest absolute Gasteiger partial charge is 0.0288 e. The summed E-state index contributed by atoms with van der Waals surface area (Å²) in [6, 6.07) is 7.88. The fraction of sp³-hybridized carbons (Fsp3) is 0.684. The second-order valence-corrected chi connectivity index (χ2v) is 8.56. The normalized spacial score (nSPS) is 26.0. The van der Waals surface area contributed by atoms with E-state index in [0.717, 1.165) is 6.54 Å². The molecule has 0 spiro atoms. The first-order valence-corrected chi connectivity index (χ1v) is 9.68. The van der Waals surface area contributed by atoms with Crippen LogP contribution in [0.2, 0.25) is 0 Å². The van der Waals surface area contributed by atoms with Crippen molar-refractivity contribution in [2.24, 2.45) is 0 Å². The Balaban J connectivity index is 1.74. The van der Waals surface area contributed by atoms with Crippen molar-refractivity contribution < 1.29 is 0 Å². The quantitative estimate of drug-likeness (QED) is 0.837. The van der Waals surface area contributed by atoms with Gasteiger partial charge in [-0.1, -0.05) is 25.1 Å². The highest BCUT2D eigenvalue weighted by Crippen LogP contribution is 2.41. The first kappa shape index (κ1) is 15.4. The van der Waals surface area contributed by atoms with E-state index in [1.165, 1.54) is 56.3 Å². The Bertz CT molecular complexity index is 476. The van der Waals surface area contributed by atoms with Gasteiger partial charge in [0.2, 0.25) is 0 Å². The molecule has 116 valence electrons. The average Bonchev–Trinajstić information content (AvgIpc) is 3.12. The van der Waals surface area contributed by atoms with Crippen molar-refractivity contribution >= 4 is 11.8 Å². The van der Waals surface area contributed by atoms with Crippen LogP contribution in [0.1, 0.15) is 56.2 Å². The van der Waals surface area contributed by atoms with Gasteiger partial charge in [-0.15, -0.1) is 0 Å². The molecule has 2 atom stereocenters. The molecule has 1 nitrogen and oxygen atoms in total. The molecule has 0 amide bonds. The average molecular weight is 304 g/mol. The van der Waals surface area contributed by atoms with E-state index in [4.69, 9.17) is 0 Å². The zero-order chi connectivity index (χ0) is 14.7. The van der Waals surface area contributed by atoms with E-state index in [9.17, 15) is 0 Å². The van der Waals surface area contributed by atoms with Gasteiger partial charge in [-0.05, 0) is 80.9 Å². The zero-order valence-corrected chi connectivity index (χ0v) is 14.4. The highest BCUT2D eigenvalue weighted by Gasteiger charge is 2.37. The number of benzene rings is 1. The first-order chi connectivity index (χ1) is 10.2. The molecule has 3 rings (SSSR count). The predicted octanol–water partition coefficient (Wildman–Crippen LogP) is 4.37. The lowest BCUT2D eigenvalue weighted by molar-refractivity contribution is 0.399. The Hall–Kier alpha value is -0.470. The minimum atomic E-state index is 0.425. The van der Waals surface area contributed by atoms with Gasteiger partial charge in [0, 0.05) is 10.8 Å². The van der Waals surface area contributed by atoms with Gasteiger partial charge in [-0.3, -0.25) is 0 Å². The fourth-order valence-corrected chi connectivity index (χ4v) is 5.30. The number of hydrogen-bond acceptors (Lipinski definition) is 2. The van der Waals surface area contributed by atoms with Crippen LogP contribution in [-0.4, -0.2) is 23.1 Å². The molecule has 2 aliphatic rings. The first-order valence-electron chi connectivity index (χ1n) is 8.69. The number of rotatable bonds is 6. The van der Waals surface area contributed by atoms with E-state index in [-0.39, 0.29) is 0 Å². The summed E-state index contributed by atoms with van der Waals surface area (Å²) in [5.74, 6) is 1.34. The lowest BCUT2D eigenvalue weighted by Crippen LogP contribution is -2.47. The maximum Gasteiger partial charge on any atom is 0.0288 e. The molecule has 0 bridgehead atoms. The molecule has 21 heavy (non-hydrogen) atoms. The summed E-state index contributed by atoms with van der Waals surface area (Å²) in [6.45, 7) is 5.89. The van der Waals surface area contributed by atoms with Crippen LogP contribution in [0.15, 0.2) is 18.2 Å². The molecule has 1 fully saturated rings. The summed E-state index contributed by atoms with van der Waals surface area (Å²) < 4.78 is 0.425. The van der Waals surface area contributed by atoms with Crippen LogP contribution in [-0.2, 0) is 19.3 Å². The molecule has 1 heterocycles. The van der Waals surface area contributed by atoms with E-state index in [1.807, 2.05) is 0 Å². The van der Waals surface area contributed by atoms with Crippen molar-refractivity contribution in [3.63, 3.8) is 0 Å². The van der Waals surface area contributed by atoms with Crippen LogP contribution in [0.25, 0.3) is 0 Å². The standard InChI is InChI=1S/C19H29NS/c1-3-11-20-18(19(2)10-5-12-21-19)14-15-8-9-16-6-4-7-17(16)13-15/h8-9,13,18,20H,3-7,10-12,14H2,1-2H3.